The molecule has 0 unspecified atom stereocenters. The first kappa shape index (κ1) is 21.5. The lowest BCUT2D eigenvalue weighted by Crippen LogP contribution is -2.27. The third-order valence-electron chi connectivity index (χ3n) is 4.01. The minimum absolute atomic E-state index is 0.125. The van der Waals surface area contributed by atoms with Gasteiger partial charge < -0.3 is 19.8 Å². The number of anilines is 1. The Hall–Kier alpha value is -3.19. The number of thioether (sulfide) groups is 1. The molecule has 0 aliphatic heterocycles. The predicted octanol–water partition coefficient (Wildman–Crippen LogP) is 1.93. The van der Waals surface area contributed by atoms with Gasteiger partial charge in [0.1, 0.15) is 10.7 Å². The first-order valence-corrected chi connectivity index (χ1v) is 10.4. The van der Waals surface area contributed by atoms with Gasteiger partial charge in [0.25, 0.3) is 5.91 Å². The Balaban J connectivity index is 1.66. The number of aromatic nitrogens is 4. The van der Waals surface area contributed by atoms with Gasteiger partial charge in [-0.3, -0.25) is 14.9 Å². The fraction of sp³-hybridized carbons (Fsp3) is 0.412. The number of nitro groups is 1. The van der Waals surface area contributed by atoms with Gasteiger partial charge >= 0.3 is 5.88 Å². The van der Waals surface area contributed by atoms with Crippen LogP contribution in [0.2, 0.25) is 0 Å². The zero-order valence-corrected chi connectivity index (χ0v) is 17.3. The van der Waals surface area contributed by atoms with Gasteiger partial charge in [0, 0.05) is 19.7 Å². The minimum Gasteiger partial charge on any atom is -0.395 e. The highest BCUT2D eigenvalue weighted by Gasteiger charge is 2.17. The van der Waals surface area contributed by atoms with Crippen molar-refractivity contribution in [2.24, 2.45) is 0 Å². The summed E-state index contributed by atoms with van der Waals surface area (Å²) in [5.74, 6) is -0.483. The lowest BCUT2D eigenvalue weighted by molar-refractivity contribution is -0.402. The molecule has 30 heavy (non-hydrogen) atoms. The van der Waals surface area contributed by atoms with Crippen molar-refractivity contribution in [3.63, 3.8) is 0 Å². The number of furan rings is 1. The molecule has 0 saturated carbocycles. The fourth-order valence-corrected chi connectivity index (χ4v) is 2.98. The third kappa shape index (κ3) is 5.04. The van der Waals surface area contributed by atoms with Crippen LogP contribution in [0, 0.1) is 10.1 Å². The summed E-state index contributed by atoms with van der Waals surface area (Å²) in [6, 6.07) is 2.39. The molecule has 0 saturated heterocycles. The van der Waals surface area contributed by atoms with Crippen molar-refractivity contribution in [3.05, 3.63) is 34.2 Å². The molecule has 0 spiro atoms. The van der Waals surface area contributed by atoms with Crippen molar-refractivity contribution < 1.29 is 18.9 Å². The van der Waals surface area contributed by atoms with Gasteiger partial charge in [-0.1, -0.05) is 11.8 Å². The summed E-state index contributed by atoms with van der Waals surface area (Å²) < 4.78 is 11.9. The SMILES string of the molecule is CCOCCNc1nc(SC)nc2c1cnn2CCNC(=O)c1ccc([N+](=O)[O-])o1. The van der Waals surface area contributed by atoms with Crippen LogP contribution in [0.25, 0.3) is 11.0 Å². The smallest absolute Gasteiger partial charge is 0.395 e. The molecule has 0 aromatic carbocycles. The Morgan fingerprint density at radius 1 is 1.37 bits per heavy atom. The fourth-order valence-electron chi connectivity index (χ4n) is 2.62. The summed E-state index contributed by atoms with van der Waals surface area (Å²) in [6.45, 7) is 4.32. The number of ether oxygens (including phenoxy) is 1. The van der Waals surface area contributed by atoms with Crippen molar-refractivity contribution in [3.8, 4) is 0 Å². The monoisotopic (exact) mass is 435 g/mol. The second-order valence-electron chi connectivity index (χ2n) is 5.94. The zero-order valence-electron chi connectivity index (χ0n) is 16.5. The topological polar surface area (TPSA) is 150 Å². The second-order valence-corrected chi connectivity index (χ2v) is 6.71. The molecule has 0 radical (unpaired) electrons. The normalized spacial score (nSPS) is 11.0. The van der Waals surface area contributed by atoms with Crippen molar-refractivity contribution in [1.29, 1.82) is 0 Å². The van der Waals surface area contributed by atoms with Crippen LogP contribution in [0.4, 0.5) is 11.7 Å². The highest BCUT2D eigenvalue weighted by atomic mass is 32.2. The molecule has 12 nitrogen and oxygen atoms in total. The van der Waals surface area contributed by atoms with E-state index in [-0.39, 0.29) is 12.3 Å². The van der Waals surface area contributed by atoms with Crippen LogP contribution in [0.15, 0.2) is 27.9 Å². The number of nitrogens with zero attached hydrogens (tertiary/aromatic N) is 5. The lowest BCUT2D eigenvalue weighted by atomic mass is 10.4. The van der Waals surface area contributed by atoms with Gasteiger partial charge in [-0.25, -0.2) is 14.6 Å². The Morgan fingerprint density at radius 3 is 2.90 bits per heavy atom. The van der Waals surface area contributed by atoms with E-state index in [9.17, 15) is 14.9 Å². The van der Waals surface area contributed by atoms with E-state index in [2.05, 4.69) is 25.7 Å². The van der Waals surface area contributed by atoms with Crippen molar-refractivity contribution in [2.45, 2.75) is 18.6 Å². The van der Waals surface area contributed by atoms with E-state index < -0.39 is 16.7 Å². The van der Waals surface area contributed by atoms with Gasteiger partial charge in [0.2, 0.25) is 0 Å². The van der Waals surface area contributed by atoms with Crippen molar-refractivity contribution in [1.82, 2.24) is 25.1 Å². The lowest BCUT2D eigenvalue weighted by Gasteiger charge is -2.09. The van der Waals surface area contributed by atoms with E-state index in [1.54, 1.807) is 10.9 Å². The van der Waals surface area contributed by atoms with Gasteiger partial charge in [0.05, 0.1) is 30.8 Å². The average Bonchev–Trinajstić information content (AvgIpc) is 3.39. The van der Waals surface area contributed by atoms with Gasteiger partial charge in [0.15, 0.2) is 16.6 Å². The molecule has 3 aromatic heterocycles. The molecular formula is C17H21N7O5S. The van der Waals surface area contributed by atoms with Gasteiger partial charge in [-0.05, 0) is 19.2 Å². The van der Waals surface area contributed by atoms with Crippen molar-refractivity contribution in [2.75, 3.05) is 37.9 Å². The van der Waals surface area contributed by atoms with Crippen LogP contribution < -0.4 is 10.6 Å². The number of fused-ring (bicyclic) bond motifs is 1. The standard InChI is InChI=1S/C17H21N7O5S/c1-3-28-9-7-18-14-11-10-20-23(15(11)22-17(21-14)30-2)8-6-19-16(25)12-4-5-13(29-12)24(26)27/h4-5,10H,3,6-9H2,1-2H3,(H,19,25)(H,18,21,22). The van der Waals surface area contributed by atoms with Crippen LogP contribution in [-0.2, 0) is 11.3 Å². The number of hydrogen-bond acceptors (Lipinski definition) is 10. The van der Waals surface area contributed by atoms with E-state index in [1.807, 2.05) is 13.2 Å². The molecule has 0 fully saturated rings. The Kier molecular flexibility index (Phi) is 7.19. The summed E-state index contributed by atoms with van der Waals surface area (Å²) in [5, 5.41) is 22.2. The number of nitrogens with one attached hydrogen (secondary N) is 2. The highest BCUT2D eigenvalue weighted by Crippen LogP contribution is 2.23. The molecule has 1 amide bonds. The summed E-state index contributed by atoms with van der Waals surface area (Å²) >= 11 is 1.41. The molecule has 160 valence electrons. The van der Waals surface area contributed by atoms with Crippen LogP contribution in [0.1, 0.15) is 17.5 Å². The van der Waals surface area contributed by atoms with E-state index >= 15 is 0 Å². The number of hydrogen-bond donors (Lipinski definition) is 2. The molecule has 0 aliphatic carbocycles. The maximum Gasteiger partial charge on any atom is 0.433 e. The molecule has 3 heterocycles. The number of carbonyl (C=O) groups excluding carboxylic acids is 1. The highest BCUT2D eigenvalue weighted by molar-refractivity contribution is 7.98. The Morgan fingerprint density at radius 2 is 2.20 bits per heavy atom. The largest absolute Gasteiger partial charge is 0.433 e. The van der Waals surface area contributed by atoms with Crippen LogP contribution in [0.5, 0.6) is 0 Å². The van der Waals surface area contributed by atoms with Crippen LogP contribution >= 0.6 is 11.8 Å². The van der Waals surface area contributed by atoms with E-state index in [1.165, 1.54) is 17.8 Å². The number of carbonyl (C=O) groups is 1. The maximum atomic E-state index is 12.1. The molecule has 0 atom stereocenters. The molecule has 3 rings (SSSR count). The summed E-state index contributed by atoms with van der Waals surface area (Å²) in [5.41, 5.74) is 0.635. The minimum atomic E-state index is -0.699. The van der Waals surface area contributed by atoms with Crippen LogP contribution in [-0.4, -0.2) is 63.1 Å². The number of rotatable bonds is 11. The maximum absolute atomic E-state index is 12.1. The Bertz CT molecular complexity index is 1030. The second kappa shape index (κ2) is 10.0. The third-order valence-corrected chi connectivity index (χ3v) is 4.55. The van der Waals surface area contributed by atoms with E-state index in [0.29, 0.717) is 42.9 Å². The van der Waals surface area contributed by atoms with E-state index in [4.69, 9.17) is 9.15 Å². The first-order chi connectivity index (χ1) is 14.5. The quantitative estimate of drug-likeness (QED) is 0.150. The average molecular weight is 435 g/mol. The molecule has 2 N–H and O–H groups in total. The zero-order chi connectivity index (χ0) is 21.5. The summed E-state index contributed by atoms with van der Waals surface area (Å²) in [7, 11) is 0. The van der Waals surface area contributed by atoms with Gasteiger partial charge in [-0.15, -0.1) is 0 Å². The predicted molar refractivity (Wildman–Crippen MR) is 110 cm³/mol. The molecule has 13 heteroatoms. The van der Waals surface area contributed by atoms with E-state index in [0.717, 1.165) is 11.5 Å². The summed E-state index contributed by atoms with van der Waals surface area (Å²) in [6.07, 6.45) is 3.55. The van der Waals surface area contributed by atoms with Crippen molar-refractivity contribution >= 4 is 40.4 Å². The molecule has 0 aliphatic rings. The Labute approximate surface area is 175 Å². The molecule has 3 aromatic rings. The summed E-state index contributed by atoms with van der Waals surface area (Å²) in [4.78, 5) is 31.0. The van der Waals surface area contributed by atoms with Gasteiger partial charge in [-0.2, -0.15) is 5.10 Å². The first-order valence-electron chi connectivity index (χ1n) is 9.15. The number of amides is 1. The molecular weight excluding hydrogens is 414 g/mol. The molecule has 0 bridgehead atoms. The van der Waals surface area contributed by atoms with Crippen LogP contribution in [0.3, 0.4) is 0 Å².